The molecule has 0 atom stereocenters. The van der Waals surface area contributed by atoms with Gasteiger partial charge in [-0.2, -0.15) is 5.10 Å². The van der Waals surface area contributed by atoms with Crippen LogP contribution in [0, 0.1) is 11.2 Å². The van der Waals surface area contributed by atoms with Crippen molar-refractivity contribution in [3.05, 3.63) is 41.2 Å². The van der Waals surface area contributed by atoms with Gasteiger partial charge in [-0.15, -0.1) is 13.2 Å². The van der Waals surface area contributed by atoms with Crippen molar-refractivity contribution in [3.63, 3.8) is 0 Å². The third-order valence-electron chi connectivity index (χ3n) is 7.98. The zero-order valence-corrected chi connectivity index (χ0v) is 20.3. The van der Waals surface area contributed by atoms with Gasteiger partial charge < -0.3 is 19.3 Å². The van der Waals surface area contributed by atoms with Crippen LogP contribution in [-0.4, -0.2) is 69.7 Å². The summed E-state index contributed by atoms with van der Waals surface area (Å²) in [6, 6.07) is 3.05. The van der Waals surface area contributed by atoms with Gasteiger partial charge in [-0.1, -0.05) is 6.07 Å². The molecule has 0 unspecified atom stereocenters. The molecule has 0 radical (unpaired) electrons. The second kappa shape index (κ2) is 9.14. The molecule has 2 saturated heterocycles. The largest absolute Gasteiger partial charge is 0.573 e. The number of piperidine rings is 1. The Hall–Kier alpha value is -2.89. The van der Waals surface area contributed by atoms with Crippen LogP contribution in [0.5, 0.6) is 5.75 Å². The Morgan fingerprint density at radius 2 is 1.81 bits per heavy atom. The van der Waals surface area contributed by atoms with Crippen LogP contribution in [0.3, 0.4) is 0 Å². The molecule has 8 nitrogen and oxygen atoms in total. The van der Waals surface area contributed by atoms with Crippen LogP contribution < -0.4 is 4.74 Å². The van der Waals surface area contributed by atoms with Gasteiger partial charge in [-0.25, -0.2) is 14.2 Å². The van der Waals surface area contributed by atoms with Gasteiger partial charge in [-0.3, -0.25) is 5.10 Å². The number of aromatic amines is 1. The average Bonchev–Trinajstić information content (AvgIpc) is 3.53. The van der Waals surface area contributed by atoms with Gasteiger partial charge in [0.15, 0.2) is 5.82 Å². The van der Waals surface area contributed by atoms with Crippen molar-refractivity contribution in [1.82, 2.24) is 25.0 Å². The molecule has 3 heterocycles. The number of nitrogens with zero attached hydrogens (tertiary/aromatic N) is 4. The van der Waals surface area contributed by atoms with Crippen molar-refractivity contribution in [2.45, 2.75) is 69.4 Å². The summed E-state index contributed by atoms with van der Waals surface area (Å²) >= 11 is 0. The third kappa shape index (κ3) is 5.25. The number of hydrogen-bond acceptors (Lipinski definition) is 5. The summed E-state index contributed by atoms with van der Waals surface area (Å²) < 4.78 is 60.5. The van der Waals surface area contributed by atoms with Crippen molar-refractivity contribution < 1.29 is 31.8 Å². The molecule has 12 heteroatoms. The molecule has 1 N–H and O–H groups in total. The maximum absolute atomic E-state index is 14.1. The number of likely N-dealkylation sites (tertiary alicyclic amines) is 2. The lowest BCUT2D eigenvalue weighted by atomic mass is 9.57. The maximum atomic E-state index is 14.1. The molecule has 0 bridgehead atoms. The molecule has 2 aliphatic carbocycles. The van der Waals surface area contributed by atoms with E-state index in [9.17, 15) is 22.4 Å². The predicted molar refractivity (Wildman–Crippen MR) is 122 cm³/mol. The molecule has 1 spiro atoms. The Bertz CT molecular complexity index is 1150. The zero-order chi connectivity index (χ0) is 25.8. The van der Waals surface area contributed by atoms with Gasteiger partial charge in [0.2, 0.25) is 0 Å². The normalized spacial score (nSPS) is 22.2. The number of carbonyl (C=O) groups is 1. The summed E-state index contributed by atoms with van der Waals surface area (Å²) in [5.41, 5.74) is 0.366. The topological polar surface area (TPSA) is 83.6 Å². The first kappa shape index (κ1) is 24.4. The number of aromatic nitrogens is 3. The van der Waals surface area contributed by atoms with E-state index >= 15 is 0 Å². The number of H-pyrrole nitrogens is 1. The van der Waals surface area contributed by atoms with Gasteiger partial charge >= 0.3 is 12.4 Å². The zero-order valence-electron chi connectivity index (χ0n) is 20.3. The maximum Gasteiger partial charge on any atom is 0.573 e. The molecule has 4 fully saturated rings. The number of carbonyl (C=O) groups excluding carboxylic acids is 1. The summed E-state index contributed by atoms with van der Waals surface area (Å²) in [5.74, 6) is 1.47. The van der Waals surface area contributed by atoms with E-state index in [0.717, 1.165) is 43.6 Å². The highest BCUT2D eigenvalue weighted by molar-refractivity contribution is 5.75. The number of halogens is 4. The minimum absolute atomic E-state index is 0.0505. The number of ether oxygens (including phenoxy) is 2. The molecule has 1 aromatic carbocycles. The van der Waals surface area contributed by atoms with Gasteiger partial charge in [0.05, 0.1) is 12.7 Å². The van der Waals surface area contributed by atoms with Crippen LogP contribution in [0.15, 0.2) is 18.2 Å². The van der Waals surface area contributed by atoms with Crippen LogP contribution in [0.1, 0.15) is 67.6 Å². The number of rotatable bonds is 6. The fourth-order valence-electron chi connectivity index (χ4n) is 5.79. The first-order valence-corrected chi connectivity index (χ1v) is 12.8. The van der Waals surface area contributed by atoms with Crippen LogP contribution >= 0.6 is 0 Å². The Labute approximate surface area is 211 Å². The molecule has 6 rings (SSSR count). The lowest BCUT2D eigenvalue weighted by molar-refractivity contribution is -0.274. The Balaban J connectivity index is 0.912. The van der Waals surface area contributed by atoms with Crippen molar-refractivity contribution in [3.8, 4) is 5.75 Å². The fourth-order valence-corrected chi connectivity index (χ4v) is 5.79. The first-order chi connectivity index (χ1) is 17.7. The SMILES string of the molecule is O=C(N1CCC(OCc2ccc(OC(F)(F)F)cc2F)CC1)N1CC2(CC(c3nc(C4CC4)n[nH]3)C2)C1. The van der Waals surface area contributed by atoms with E-state index in [0.29, 0.717) is 43.8 Å². The highest BCUT2D eigenvalue weighted by Crippen LogP contribution is 2.55. The van der Waals surface area contributed by atoms with Gasteiger partial charge in [0.1, 0.15) is 17.4 Å². The number of nitrogens with one attached hydrogen (secondary N) is 1. The van der Waals surface area contributed by atoms with Crippen molar-refractivity contribution in [1.29, 1.82) is 0 Å². The van der Waals surface area contributed by atoms with Gasteiger partial charge in [-0.05, 0) is 44.6 Å². The molecular weight excluding hydrogens is 494 g/mol. The minimum atomic E-state index is -4.87. The highest BCUT2D eigenvalue weighted by atomic mass is 19.4. The van der Waals surface area contributed by atoms with Crippen LogP contribution in [0.4, 0.5) is 22.4 Å². The molecule has 1 aromatic heterocycles. The first-order valence-electron chi connectivity index (χ1n) is 12.8. The second-order valence-corrected chi connectivity index (χ2v) is 10.9. The van der Waals surface area contributed by atoms with E-state index < -0.39 is 17.9 Å². The van der Waals surface area contributed by atoms with Crippen molar-refractivity contribution in [2.75, 3.05) is 26.2 Å². The molecule has 2 amide bonds. The number of hydrogen-bond donors (Lipinski definition) is 1. The van der Waals surface area contributed by atoms with Crippen LogP contribution in [0.2, 0.25) is 0 Å². The molecule has 2 aromatic rings. The smallest absolute Gasteiger partial charge is 0.406 e. The molecule has 2 aliphatic heterocycles. The Morgan fingerprint density at radius 3 is 2.46 bits per heavy atom. The average molecular weight is 524 g/mol. The monoisotopic (exact) mass is 523 g/mol. The molecule has 37 heavy (non-hydrogen) atoms. The quantitative estimate of drug-likeness (QED) is 0.555. The summed E-state index contributed by atoms with van der Waals surface area (Å²) in [4.78, 5) is 21.4. The van der Waals surface area contributed by atoms with Crippen molar-refractivity contribution >= 4 is 6.03 Å². The van der Waals surface area contributed by atoms with E-state index in [1.807, 2.05) is 9.80 Å². The van der Waals surface area contributed by atoms with Crippen molar-refractivity contribution in [2.24, 2.45) is 5.41 Å². The van der Waals surface area contributed by atoms with E-state index in [4.69, 9.17) is 4.74 Å². The summed E-state index contributed by atoms with van der Waals surface area (Å²) in [5, 5.41) is 7.46. The summed E-state index contributed by atoms with van der Waals surface area (Å²) in [6.07, 6.45) is 0.664. The van der Waals surface area contributed by atoms with E-state index in [2.05, 4.69) is 19.9 Å². The molecule has 200 valence electrons. The standard InChI is InChI=1S/C25H29F4N5O3/c26-20-9-19(37-25(27,28)29)4-3-16(20)12-36-18-5-7-33(8-6-18)23(35)34-13-24(14-34)10-17(11-24)22-30-21(31-32-22)15-1-2-15/h3-4,9,15,17-18H,1-2,5-8,10-14H2,(H,30,31,32). The lowest BCUT2D eigenvalue weighted by Gasteiger charge is -2.59. The third-order valence-corrected chi connectivity index (χ3v) is 7.98. The number of benzene rings is 1. The molecular formula is C25H29F4N5O3. The Kier molecular flexibility index (Phi) is 6.04. The fraction of sp³-hybridized carbons (Fsp3) is 0.640. The lowest BCUT2D eigenvalue weighted by Crippen LogP contribution is -2.65. The van der Waals surface area contributed by atoms with E-state index in [1.54, 1.807) is 0 Å². The molecule has 4 aliphatic rings. The van der Waals surface area contributed by atoms with E-state index in [-0.39, 0.29) is 29.7 Å². The summed E-state index contributed by atoms with van der Waals surface area (Å²) in [6.45, 7) is 2.60. The minimum Gasteiger partial charge on any atom is -0.406 e. The van der Waals surface area contributed by atoms with E-state index in [1.165, 1.54) is 18.9 Å². The highest BCUT2D eigenvalue weighted by Gasteiger charge is 2.55. The number of urea groups is 1. The number of amides is 2. The number of alkyl halides is 3. The van der Waals surface area contributed by atoms with Crippen LogP contribution in [-0.2, 0) is 11.3 Å². The van der Waals surface area contributed by atoms with Gasteiger partial charge in [0.25, 0.3) is 0 Å². The summed E-state index contributed by atoms with van der Waals surface area (Å²) in [7, 11) is 0. The second-order valence-electron chi connectivity index (χ2n) is 10.9. The molecule has 2 saturated carbocycles. The Morgan fingerprint density at radius 1 is 1.08 bits per heavy atom. The van der Waals surface area contributed by atoms with Gasteiger partial charge in [0, 0.05) is 55.1 Å². The van der Waals surface area contributed by atoms with Crippen LogP contribution in [0.25, 0.3) is 0 Å². The predicted octanol–water partition coefficient (Wildman–Crippen LogP) is 4.70.